The predicted molar refractivity (Wildman–Crippen MR) is 71.6 cm³/mol. The van der Waals surface area contributed by atoms with Gasteiger partial charge in [-0.3, -0.25) is 0 Å². The molecule has 3 heteroatoms. The number of anilines is 1. The van der Waals surface area contributed by atoms with E-state index in [1.165, 1.54) is 16.8 Å². The average molecular weight is 234 g/mol. The Morgan fingerprint density at radius 2 is 2.06 bits per heavy atom. The summed E-state index contributed by atoms with van der Waals surface area (Å²) in [6.45, 7) is 7.87. The lowest BCUT2D eigenvalue weighted by molar-refractivity contribution is 0.122. The van der Waals surface area contributed by atoms with Crippen LogP contribution in [0.1, 0.15) is 18.1 Å². The first-order chi connectivity index (χ1) is 8.16. The minimum atomic E-state index is 0.225. The predicted octanol–water partition coefficient (Wildman–Crippen LogP) is 1.72. The van der Waals surface area contributed by atoms with Gasteiger partial charge < -0.3 is 15.4 Å². The van der Waals surface area contributed by atoms with Crippen LogP contribution in [0.25, 0.3) is 0 Å². The van der Waals surface area contributed by atoms with Gasteiger partial charge in [-0.15, -0.1) is 0 Å². The zero-order valence-electron chi connectivity index (χ0n) is 10.8. The Kier molecular flexibility index (Phi) is 4.02. The summed E-state index contributed by atoms with van der Waals surface area (Å²) in [4.78, 5) is 2.38. The van der Waals surface area contributed by atoms with Gasteiger partial charge >= 0.3 is 0 Å². The molecule has 1 saturated heterocycles. The van der Waals surface area contributed by atoms with Crippen molar-refractivity contribution in [2.45, 2.75) is 26.3 Å². The number of rotatable bonds is 3. The molecule has 1 aliphatic heterocycles. The molecule has 0 radical (unpaired) electrons. The van der Waals surface area contributed by atoms with E-state index in [4.69, 9.17) is 10.5 Å². The van der Waals surface area contributed by atoms with Crippen molar-refractivity contribution in [3.63, 3.8) is 0 Å². The van der Waals surface area contributed by atoms with Crippen LogP contribution in [0.5, 0.6) is 0 Å². The Hall–Kier alpha value is -1.06. The number of ether oxygens (including phenoxy) is 1. The number of aryl methyl sites for hydroxylation is 1. The first-order valence-electron chi connectivity index (χ1n) is 6.34. The molecule has 94 valence electrons. The molecule has 0 bridgehead atoms. The molecule has 17 heavy (non-hydrogen) atoms. The number of hydrogen-bond donors (Lipinski definition) is 1. The summed E-state index contributed by atoms with van der Waals surface area (Å²) in [5.74, 6) is 0. The SMILES string of the molecule is Cc1cc(N2CCOCC2)ccc1CC(C)N. The number of morpholine rings is 1. The van der Waals surface area contributed by atoms with Crippen LogP contribution in [0, 0.1) is 6.92 Å². The van der Waals surface area contributed by atoms with Crippen LogP contribution in [0.3, 0.4) is 0 Å². The summed E-state index contributed by atoms with van der Waals surface area (Å²) in [6, 6.07) is 6.91. The molecule has 1 atom stereocenters. The van der Waals surface area contributed by atoms with Crippen molar-refractivity contribution >= 4 is 5.69 Å². The quantitative estimate of drug-likeness (QED) is 0.865. The van der Waals surface area contributed by atoms with E-state index < -0.39 is 0 Å². The molecule has 1 aliphatic rings. The van der Waals surface area contributed by atoms with Crippen LogP contribution >= 0.6 is 0 Å². The highest BCUT2D eigenvalue weighted by Gasteiger charge is 2.12. The molecule has 1 heterocycles. The van der Waals surface area contributed by atoms with E-state index in [1.807, 2.05) is 0 Å². The van der Waals surface area contributed by atoms with E-state index in [-0.39, 0.29) is 6.04 Å². The first-order valence-corrected chi connectivity index (χ1v) is 6.34. The van der Waals surface area contributed by atoms with Crippen molar-refractivity contribution in [3.8, 4) is 0 Å². The smallest absolute Gasteiger partial charge is 0.0642 e. The summed E-state index contributed by atoms with van der Waals surface area (Å²) >= 11 is 0. The summed E-state index contributed by atoms with van der Waals surface area (Å²) in [5.41, 5.74) is 9.85. The molecule has 1 unspecified atom stereocenters. The van der Waals surface area contributed by atoms with Gasteiger partial charge in [0.2, 0.25) is 0 Å². The third kappa shape index (κ3) is 3.20. The van der Waals surface area contributed by atoms with E-state index in [2.05, 4.69) is 36.9 Å². The number of benzene rings is 1. The summed E-state index contributed by atoms with van der Waals surface area (Å²) in [7, 11) is 0. The van der Waals surface area contributed by atoms with Gasteiger partial charge in [-0.1, -0.05) is 6.07 Å². The van der Waals surface area contributed by atoms with Crippen LogP contribution < -0.4 is 10.6 Å². The molecule has 0 aromatic heterocycles. The van der Waals surface area contributed by atoms with E-state index in [1.54, 1.807) is 0 Å². The second kappa shape index (κ2) is 5.52. The van der Waals surface area contributed by atoms with Crippen LogP contribution in [0.15, 0.2) is 18.2 Å². The van der Waals surface area contributed by atoms with Crippen LogP contribution in [-0.4, -0.2) is 32.3 Å². The highest BCUT2D eigenvalue weighted by atomic mass is 16.5. The molecule has 0 saturated carbocycles. The van der Waals surface area contributed by atoms with E-state index in [0.717, 1.165) is 32.7 Å². The lowest BCUT2D eigenvalue weighted by atomic mass is 10.0. The minimum absolute atomic E-state index is 0.225. The molecule has 3 nitrogen and oxygen atoms in total. The third-order valence-corrected chi connectivity index (χ3v) is 3.24. The van der Waals surface area contributed by atoms with Crippen LogP contribution in [-0.2, 0) is 11.2 Å². The van der Waals surface area contributed by atoms with Crippen molar-refractivity contribution in [2.24, 2.45) is 5.73 Å². The van der Waals surface area contributed by atoms with E-state index in [9.17, 15) is 0 Å². The number of nitrogens with two attached hydrogens (primary N) is 1. The normalized spacial score (nSPS) is 18.2. The zero-order chi connectivity index (χ0) is 12.3. The molecule has 0 amide bonds. The van der Waals surface area contributed by atoms with E-state index >= 15 is 0 Å². The topological polar surface area (TPSA) is 38.5 Å². The molecule has 1 aromatic rings. The monoisotopic (exact) mass is 234 g/mol. The molecular formula is C14H22N2O. The van der Waals surface area contributed by atoms with Gasteiger partial charge in [0.1, 0.15) is 0 Å². The summed E-state index contributed by atoms with van der Waals surface area (Å²) in [5, 5.41) is 0. The van der Waals surface area contributed by atoms with Crippen molar-refractivity contribution < 1.29 is 4.74 Å². The Bertz CT molecular complexity index is 370. The van der Waals surface area contributed by atoms with Gasteiger partial charge in [-0.25, -0.2) is 0 Å². The molecule has 1 fully saturated rings. The molecule has 1 aromatic carbocycles. The van der Waals surface area contributed by atoms with Crippen molar-refractivity contribution in [1.29, 1.82) is 0 Å². The van der Waals surface area contributed by atoms with Gasteiger partial charge in [0.05, 0.1) is 13.2 Å². The van der Waals surface area contributed by atoms with Crippen LogP contribution in [0.2, 0.25) is 0 Å². The number of hydrogen-bond acceptors (Lipinski definition) is 3. The maximum Gasteiger partial charge on any atom is 0.0642 e. The van der Waals surface area contributed by atoms with Gasteiger partial charge in [0.15, 0.2) is 0 Å². The lowest BCUT2D eigenvalue weighted by Gasteiger charge is -2.29. The maximum atomic E-state index is 5.85. The summed E-state index contributed by atoms with van der Waals surface area (Å²) < 4.78 is 5.37. The highest BCUT2D eigenvalue weighted by molar-refractivity contribution is 5.51. The standard InChI is InChI=1S/C14H22N2O/c1-11-9-14(16-5-7-17-8-6-16)4-3-13(11)10-12(2)15/h3-4,9,12H,5-8,10,15H2,1-2H3. The fourth-order valence-corrected chi connectivity index (χ4v) is 2.27. The van der Waals surface area contributed by atoms with Crippen molar-refractivity contribution in [3.05, 3.63) is 29.3 Å². The number of nitrogens with zero attached hydrogens (tertiary/aromatic N) is 1. The lowest BCUT2D eigenvalue weighted by Crippen LogP contribution is -2.36. The average Bonchev–Trinajstić information content (AvgIpc) is 2.32. The Labute approximate surface area is 104 Å². The summed E-state index contributed by atoms with van der Waals surface area (Å²) in [6.07, 6.45) is 0.954. The Morgan fingerprint density at radius 1 is 1.35 bits per heavy atom. The molecule has 2 N–H and O–H groups in total. The third-order valence-electron chi connectivity index (χ3n) is 3.24. The maximum absolute atomic E-state index is 5.85. The largest absolute Gasteiger partial charge is 0.378 e. The van der Waals surface area contributed by atoms with Gasteiger partial charge in [-0.05, 0) is 43.5 Å². The molecule has 0 spiro atoms. The molecule has 0 aliphatic carbocycles. The van der Waals surface area contributed by atoms with Gasteiger partial charge in [0.25, 0.3) is 0 Å². The highest BCUT2D eigenvalue weighted by Crippen LogP contribution is 2.21. The Balaban J connectivity index is 2.12. The molecular weight excluding hydrogens is 212 g/mol. The van der Waals surface area contributed by atoms with Gasteiger partial charge in [0, 0.05) is 24.8 Å². The fraction of sp³-hybridized carbons (Fsp3) is 0.571. The van der Waals surface area contributed by atoms with Crippen molar-refractivity contribution in [1.82, 2.24) is 0 Å². The minimum Gasteiger partial charge on any atom is -0.378 e. The van der Waals surface area contributed by atoms with E-state index in [0.29, 0.717) is 0 Å². The zero-order valence-corrected chi connectivity index (χ0v) is 10.8. The van der Waals surface area contributed by atoms with Crippen molar-refractivity contribution in [2.75, 3.05) is 31.2 Å². The Morgan fingerprint density at radius 3 is 2.65 bits per heavy atom. The van der Waals surface area contributed by atoms with Gasteiger partial charge in [-0.2, -0.15) is 0 Å². The fourth-order valence-electron chi connectivity index (χ4n) is 2.27. The first kappa shape index (κ1) is 12.4. The molecule has 2 rings (SSSR count). The second-order valence-electron chi connectivity index (χ2n) is 4.89. The van der Waals surface area contributed by atoms with Crippen LogP contribution in [0.4, 0.5) is 5.69 Å². The second-order valence-corrected chi connectivity index (χ2v) is 4.89.